The molecule has 110 valence electrons. The number of aryl methyl sites for hydroxylation is 1. The van der Waals surface area contributed by atoms with Crippen molar-refractivity contribution in [3.63, 3.8) is 0 Å². The average molecular weight is 275 g/mol. The molecule has 0 spiro atoms. The monoisotopic (exact) mass is 275 g/mol. The lowest BCUT2D eigenvalue weighted by Crippen LogP contribution is -2.49. The highest BCUT2D eigenvalue weighted by molar-refractivity contribution is 5.71. The van der Waals surface area contributed by atoms with Crippen LogP contribution < -0.4 is 0 Å². The van der Waals surface area contributed by atoms with Gasteiger partial charge in [0.15, 0.2) is 0 Å². The first-order chi connectivity index (χ1) is 9.69. The van der Waals surface area contributed by atoms with Gasteiger partial charge in [0.25, 0.3) is 0 Å². The average Bonchev–Trinajstić information content (AvgIpc) is 2.39. The van der Waals surface area contributed by atoms with Crippen LogP contribution in [0.25, 0.3) is 0 Å². The molecule has 1 aromatic rings. The summed E-state index contributed by atoms with van der Waals surface area (Å²) in [6.45, 7) is 4.49. The van der Waals surface area contributed by atoms with Crippen LogP contribution in [0, 0.1) is 5.92 Å². The van der Waals surface area contributed by atoms with Crippen LogP contribution in [0.5, 0.6) is 0 Å². The van der Waals surface area contributed by atoms with Crippen molar-refractivity contribution in [1.29, 1.82) is 0 Å². The Kier molecular flexibility index (Phi) is 5.60. The summed E-state index contributed by atoms with van der Waals surface area (Å²) in [5.41, 5.74) is 2.70. The third kappa shape index (κ3) is 4.34. The van der Waals surface area contributed by atoms with Gasteiger partial charge in [-0.2, -0.15) is 0 Å². The predicted molar refractivity (Wildman–Crippen MR) is 80.7 cm³/mol. The maximum Gasteiger partial charge on any atom is 0.309 e. The second kappa shape index (κ2) is 7.44. The number of carboxylic acid groups (broad SMARTS) is 1. The topological polar surface area (TPSA) is 40.5 Å². The highest BCUT2D eigenvalue weighted by Gasteiger charge is 2.31. The van der Waals surface area contributed by atoms with Crippen molar-refractivity contribution in [2.75, 3.05) is 13.1 Å². The molecule has 0 amide bonds. The summed E-state index contributed by atoms with van der Waals surface area (Å²) in [4.78, 5) is 12.9. The van der Waals surface area contributed by atoms with E-state index < -0.39 is 5.97 Å². The lowest BCUT2D eigenvalue weighted by molar-refractivity contribution is -0.147. The van der Waals surface area contributed by atoms with Gasteiger partial charge in [0, 0.05) is 19.6 Å². The fraction of sp³-hybridized carbons (Fsp3) is 0.588. The van der Waals surface area contributed by atoms with E-state index in [0.29, 0.717) is 13.1 Å². The third-order valence-corrected chi connectivity index (χ3v) is 4.05. The number of hydrogen-bond donors (Lipinski definition) is 1. The lowest BCUT2D eigenvalue weighted by Gasteiger charge is -2.36. The van der Waals surface area contributed by atoms with E-state index in [9.17, 15) is 4.79 Å². The highest BCUT2D eigenvalue weighted by Crippen LogP contribution is 2.19. The van der Waals surface area contributed by atoms with Crippen LogP contribution in [-0.2, 0) is 17.8 Å². The zero-order valence-electron chi connectivity index (χ0n) is 12.3. The maximum absolute atomic E-state index is 10.7. The van der Waals surface area contributed by atoms with E-state index >= 15 is 0 Å². The molecule has 1 aliphatic heterocycles. The molecule has 2 rings (SSSR count). The fourth-order valence-electron chi connectivity index (χ4n) is 2.68. The summed E-state index contributed by atoms with van der Waals surface area (Å²) >= 11 is 0. The second-order valence-electron chi connectivity index (χ2n) is 5.86. The lowest BCUT2D eigenvalue weighted by atomic mass is 9.99. The largest absolute Gasteiger partial charge is 0.481 e. The Bertz CT molecular complexity index is 421. The zero-order chi connectivity index (χ0) is 14.4. The first-order valence-corrected chi connectivity index (χ1v) is 7.72. The van der Waals surface area contributed by atoms with Crippen LogP contribution in [0.1, 0.15) is 43.7 Å². The summed E-state index contributed by atoms with van der Waals surface area (Å²) in [6.07, 6.45) is 6.39. The molecular formula is C17H25NO2. The van der Waals surface area contributed by atoms with Gasteiger partial charge in [0.2, 0.25) is 0 Å². The molecule has 1 fully saturated rings. The van der Waals surface area contributed by atoms with Crippen molar-refractivity contribution in [3.05, 3.63) is 35.4 Å². The Morgan fingerprint density at radius 1 is 1.15 bits per heavy atom. The van der Waals surface area contributed by atoms with E-state index in [0.717, 1.165) is 6.54 Å². The molecule has 3 heteroatoms. The predicted octanol–water partition coefficient (Wildman–Crippen LogP) is 3.33. The molecule has 1 aliphatic rings. The van der Waals surface area contributed by atoms with Crippen molar-refractivity contribution in [3.8, 4) is 0 Å². The molecule has 0 aliphatic carbocycles. The first kappa shape index (κ1) is 15.0. The fourth-order valence-corrected chi connectivity index (χ4v) is 2.68. The minimum absolute atomic E-state index is 0.159. The normalized spacial score (nSPS) is 16.1. The molecule has 20 heavy (non-hydrogen) atoms. The van der Waals surface area contributed by atoms with E-state index in [1.807, 2.05) is 0 Å². The van der Waals surface area contributed by atoms with Gasteiger partial charge in [0.05, 0.1) is 5.92 Å². The Labute approximate surface area is 121 Å². The molecule has 0 radical (unpaired) electrons. The Hall–Kier alpha value is -1.35. The van der Waals surface area contributed by atoms with Gasteiger partial charge < -0.3 is 5.11 Å². The van der Waals surface area contributed by atoms with Crippen molar-refractivity contribution < 1.29 is 9.90 Å². The van der Waals surface area contributed by atoms with Crippen LogP contribution in [0.2, 0.25) is 0 Å². The van der Waals surface area contributed by atoms with Crippen molar-refractivity contribution in [2.45, 2.75) is 45.6 Å². The van der Waals surface area contributed by atoms with Gasteiger partial charge in [-0.1, -0.05) is 50.5 Å². The number of carboxylic acids is 1. The Morgan fingerprint density at radius 2 is 1.80 bits per heavy atom. The highest BCUT2D eigenvalue weighted by atomic mass is 16.4. The van der Waals surface area contributed by atoms with Crippen LogP contribution in [-0.4, -0.2) is 29.1 Å². The van der Waals surface area contributed by atoms with Gasteiger partial charge in [-0.25, -0.2) is 0 Å². The van der Waals surface area contributed by atoms with E-state index in [-0.39, 0.29) is 5.92 Å². The SMILES string of the molecule is CCCCCCc1ccc(CN2CC(C(=O)O)C2)cc1. The van der Waals surface area contributed by atoms with Crippen molar-refractivity contribution in [1.82, 2.24) is 4.90 Å². The molecule has 3 nitrogen and oxygen atoms in total. The second-order valence-corrected chi connectivity index (χ2v) is 5.86. The van der Waals surface area contributed by atoms with Crippen LogP contribution in [0.4, 0.5) is 0 Å². The molecule has 0 atom stereocenters. The van der Waals surface area contributed by atoms with Gasteiger partial charge in [-0.15, -0.1) is 0 Å². The van der Waals surface area contributed by atoms with Gasteiger partial charge >= 0.3 is 5.97 Å². The first-order valence-electron chi connectivity index (χ1n) is 7.72. The number of nitrogens with zero attached hydrogens (tertiary/aromatic N) is 1. The number of aliphatic carboxylic acids is 1. The van der Waals surface area contributed by atoms with E-state index in [2.05, 4.69) is 36.1 Å². The number of benzene rings is 1. The number of rotatable bonds is 8. The molecule has 0 aromatic heterocycles. The quantitative estimate of drug-likeness (QED) is 0.740. The smallest absolute Gasteiger partial charge is 0.309 e. The van der Waals surface area contributed by atoms with E-state index in [4.69, 9.17) is 5.11 Å². The van der Waals surface area contributed by atoms with Crippen molar-refractivity contribution in [2.24, 2.45) is 5.92 Å². The number of hydrogen-bond acceptors (Lipinski definition) is 2. The van der Waals surface area contributed by atoms with Crippen LogP contribution in [0.15, 0.2) is 24.3 Å². The zero-order valence-corrected chi connectivity index (χ0v) is 12.3. The molecule has 1 heterocycles. The third-order valence-electron chi connectivity index (χ3n) is 4.05. The molecule has 0 unspecified atom stereocenters. The molecule has 1 N–H and O–H groups in total. The minimum atomic E-state index is -0.663. The number of unbranched alkanes of at least 4 members (excludes halogenated alkanes) is 3. The van der Waals surface area contributed by atoms with Gasteiger partial charge in [0.1, 0.15) is 0 Å². The molecule has 1 saturated heterocycles. The summed E-state index contributed by atoms with van der Waals surface area (Å²) in [5.74, 6) is -0.823. The van der Waals surface area contributed by atoms with Crippen LogP contribution >= 0.6 is 0 Å². The van der Waals surface area contributed by atoms with E-state index in [1.54, 1.807) is 0 Å². The summed E-state index contributed by atoms with van der Waals surface area (Å²) in [5, 5.41) is 8.85. The van der Waals surface area contributed by atoms with E-state index in [1.165, 1.54) is 43.2 Å². The maximum atomic E-state index is 10.7. The Balaban J connectivity index is 1.71. The summed E-state index contributed by atoms with van der Waals surface area (Å²) < 4.78 is 0. The van der Waals surface area contributed by atoms with Gasteiger partial charge in [-0.3, -0.25) is 9.69 Å². The minimum Gasteiger partial charge on any atom is -0.481 e. The van der Waals surface area contributed by atoms with Crippen molar-refractivity contribution >= 4 is 5.97 Å². The van der Waals surface area contributed by atoms with Crippen LogP contribution in [0.3, 0.4) is 0 Å². The number of likely N-dealkylation sites (tertiary alicyclic amines) is 1. The molecule has 1 aromatic carbocycles. The molecule has 0 saturated carbocycles. The number of carbonyl (C=O) groups is 1. The summed E-state index contributed by atoms with van der Waals surface area (Å²) in [6, 6.07) is 8.80. The Morgan fingerprint density at radius 3 is 2.40 bits per heavy atom. The molecule has 0 bridgehead atoms. The molecular weight excluding hydrogens is 250 g/mol. The standard InChI is InChI=1S/C17H25NO2/c1-2-3-4-5-6-14-7-9-15(10-8-14)11-18-12-16(13-18)17(19)20/h7-10,16H,2-6,11-13H2,1H3,(H,19,20). The summed E-state index contributed by atoms with van der Waals surface area (Å²) in [7, 11) is 0. The van der Waals surface area contributed by atoms with Gasteiger partial charge in [-0.05, 0) is 24.0 Å².